The molecule has 2 nitrogen and oxygen atoms in total. The van der Waals surface area contributed by atoms with E-state index in [0.717, 1.165) is 0 Å². The lowest BCUT2D eigenvalue weighted by Crippen LogP contribution is -2.26. The molecule has 1 aromatic carbocycles. The summed E-state index contributed by atoms with van der Waals surface area (Å²) in [5.41, 5.74) is -0.328. The second-order valence-electron chi connectivity index (χ2n) is 2.18. The Morgan fingerprint density at radius 2 is 1.75 bits per heavy atom. The van der Waals surface area contributed by atoms with Gasteiger partial charge in [-0.15, -0.1) is 0 Å². The molecule has 0 bridgehead atoms. The second-order valence-corrected chi connectivity index (χ2v) is 3.29. The first-order chi connectivity index (χ1) is 5.55. The Labute approximate surface area is 71.0 Å². The molecule has 0 aliphatic rings. The van der Waals surface area contributed by atoms with Gasteiger partial charge in [-0.1, -0.05) is 30.3 Å². The average Bonchev–Trinajstić information content (AvgIpc) is 2.06. The summed E-state index contributed by atoms with van der Waals surface area (Å²) in [6.07, 6.45) is 0. The number of benzene rings is 1. The largest absolute Gasteiger partial charge is 0.359 e. The summed E-state index contributed by atoms with van der Waals surface area (Å²) >= 11 is 0. The molecule has 1 atom stereocenters. The van der Waals surface area contributed by atoms with E-state index in [1.165, 1.54) is 24.3 Å². The lowest BCUT2D eigenvalue weighted by molar-refractivity contribution is 0.0978. The Morgan fingerprint density at radius 3 is 2.17 bits per heavy atom. The van der Waals surface area contributed by atoms with E-state index < -0.39 is 16.2 Å². The van der Waals surface area contributed by atoms with Gasteiger partial charge in [-0.25, -0.2) is 9.35 Å². The molecule has 2 N–H and O–H groups in total. The minimum atomic E-state index is -3.46. The normalized spacial score (nSPS) is 14.2. The highest BCUT2D eigenvalue weighted by Crippen LogP contribution is 2.29. The van der Waals surface area contributed by atoms with Gasteiger partial charge < -0.3 is 0 Å². The Balaban J connectivity index is 3.06. The first-order valence-electron chi connectivity index (χ1n) is 3.15. The zero-order chi connectivity index (χ0) is 9.19. The highest BCUT2D eigenvalue weighted by Gasteiger charge is 2.36. The van der Waals surface area contributed by atoms with Gasteiger partial charge in [0.25, 0.3) is 0 Å². The summed E-state index contributed by atoms with van der Waals surface area (Å²) in [5, 5.41) is 1.17. The quantitative estimate of drug-likeness (QED) is 0.753. The molecule has 1 rings (SSSR count). The van der Waals surface area contributed by atoms with Crippen molar-refractivity contribution >= 4 is 11.0 Å². The van der Waals surface area contributed by atoms with Crippen molar-refractivity contribution in [2.75, 3.05) is 0 Å². The number of hydrogen-bond donors (Lipinski definition) is 1. The number of hydrogen-bond acceptors (Lipinski definition) is 1. The van der Waals surface area contributed by atoms with Gasteiger partial charge in [0.1, 0.15) is 0 Å². The first-order valence-corrected chi connectivity index (χ1v) is 4.36. The van der Waals surface area contributed by atoms with E-state index in [0.29, 0.717) is 0 Å². The van der Waals surface area contributed by atoms with Crippen molar-refractivity contribution in [2.24, 2.45) is 5.14 Å². The zero-order valence-electron chi connectivity index (χ0n) is 6.04. The molecule has 0 saturated carbocycles. The van der Waals surface area contributed by atoms with Crippen LogP contribution in [-0.2, 0) is 16.2 Å². The fourth-order valence-electron chi connectivity index (χ4n) is 0.748. The van der Waals surface area contributed by atoms with E-state index in [9.17, 15) is 13.0 Å². The molecule has 12 heavy (non-hydrogen) atoms. The lowest BCUT2D eigenvalue weighted by Gasteiger charge is -2.11. The van der Waals surface area contributed by atoms with Crippen LogP contribution in [0.3, 0.4) is 0 Å². The molecule has 0 aliphatic heterocycles. The monoisotopic (exact) mass is 191 g/mol. The van der Waals surface area contributed by atoms with Crippen LogP contribution in [0, 0.1) is 0 Å². The topological polar surface area (TPSA) is 43.1 Å². The van der Waals surface area contributed by atoms with Crippen molar-refractivity contribution in [3.05, 3.63) is 35.9 Å². The van der Waals surface area contributed by atoms with Gasteiger partial charge in [-0.05, 0) is 0 Å². The maximum atomic E-state index is 12.9. The maximum absolute atomic E-state index is 12.9. The third kappa shape index (κ3) is 1.67. The van der Waals surface area contributed by atoms with Gasteiger partial charge in [0.05, 0.1) is 0 Å². The third-order valence-electron chi connectivity index (χ3n) is 1.36. The number of nitrogens with two attached hydrogens (primary N) is 1. The van der Waals surface area contributed by atoms with E-state index in [4.69, 9.17) is 0 Å². The van der Waals surface area contributed by atoms with Gasteiger partial charge in [-0.2, -0.15) is 8.78 Å². The molecular formula is C7H7F2NOS. The number of halogens is 2. The van der Waals surface area contributed by atoms with Crippen LogP contribution in [0.5, 0.6) is 0 Å². The summed E-state index contributed by atoms with van der Waals surface area (Å²) in [6, 6.07) is 6.85. The van der Waals surface area contributed by atoms with Crippen LogP contribution < -0.4 is 5.14 Å². The first kappa shape index (κ1) is 9.28. The van der Waals surface area contributed by atoms with Gasteiger partial charge >= 0.3 is 5.25 Å². The summed E-state index contributed by atoms with van der Waals surface area (Å²) in [6.45, 7) is 0. The Kier molecular flexibility index (Phi) is 2.54. The Bertz CT molecular complexity index is 289. The highest BCUT2D eigenvalue weighted by atomic mass is 32.2. The molecule has 0 radical (unpaired) electrons. The molecule has 1 aromatic rings. The van der Waals surface area contributed by atoms with Crippen molar-refractivity contribution in [1.82, 2.24) is 0 Å². The minimum absolute atomic E-state index is 0.328. The molecule has 0 heterocycles. The summed E-state index contributed by atoms with van der Waals surface area (Å²) in [5.74, 6) is 0. The van der Waals surface area contributed by atoms with Crippen LogP contribution in [0.2, 0.25) is 0 Å². The Morgan fingerprint density at radius 1 is 1.25 bits per heavy atom. The van der Waals surface area contributed by atoms with Crippen LogP contribution in [0.4, 0.5) is 8.78 Å². The zero-order valence-corrected chi connectivity index (χ0v) is 6.85. The molecular weight excluding hydrogens is 184 g/mol. The molecule has 0 spiro atoms. The summed E-state index contributed by atoms with van der Waals surface area (Å²) in [7, 11) is -2.66. The fourth-order valence-corrected chi connectivity index (χ4v) is 1.12. The molecule has 66 valence electrons. The smallest absolute Gasteiger partial charge is 0.246 e. The second kappa shape index (κ2) is 3.28. The standard InChI is InChI=1S/C7H7F2NOS/c8-7(9,12(10)11)6-4-2-1-3-5-6/h1-5H,10H2. The highest BCUT2D eigenvalue weighted by molar-refractivity contribution is 7.83. The van der Waals surface area contributed by atoms with Gasteiger partial charge in [0.15, 0.2) is 11.0 Å². The van der Waals surface area contributed by atoms with E-state index in [2.05, 4.69) is 5.14 Å². The Hall–Kier alpha value is -0.810. The minimum Gasteiger partial charge on any atom is -0.246 e. The summed E-state index contributed by atoms with van der Waals surface area (Å²) in [4.78, 5) is 0. The molecule has 0 saturated heterocycles. The lowest BCUT2D eigenvalue weighted by atomic mass is 10.2. The van der Waals surface area contributed by atoms with Crippen molar-refractivity contribution in [1.29, 1.82) is 0 Å². The predicted molar refractivity (Wildman–Crippen MR) is 42.7 cm³/mol. The average molecular weight is 191 g/mol. The van der Waals surface area contributed by atoms with Gasteiger partial charge in [0, 0.05) is 5.56 Å². The van der Waals surface area contributed by atoms with Crippen molar-refractivity contribution < 1.29 is 13.0 Å². The number of rotatable bonds is 2. The van der Waals surface area contributed by atoms with Crippen LogP contribution in [-0.4, -0.2) is 4.21 Å². The van der Waals surface area contributed by atoms with Crippen LogP contribution in [0.1, 0.15) is 5.56 Å². The van der Waals surface area contributed by atoms with Crippen LogP contribution >= 0.6 is 0 Å². The van der Waals surface area contributed by atoms with Crippen molar-refractivity contribution in [3.8, 4) is 0 Å². The van der Waals surface area contributed by atoms with Crippen molar-refractivity contribution in [3.63, 3.8) is 0 Å². The molecule has 0 aromatic heterocycles. The van der Waals surface area contributed by atoms with E-state index >= 15 is 0 Å². The van der Waals surface area contributed by atoms with Crippen LogP contribution in [0.25, 0.3) is 0 Å². The fraction of sp³-hybridized carbons (Fsp3) is 0.143. The van der Waals surface area contributed by atoms with E-state index in [-0.39, 0.29) is 5.56 Å². The number of alkyl halides is 2. The SMILES string of the molecule is NS(=O)C(F)(F)c1ccccc1. The van der Waals surface area contributed by atoms with E-state index in [1.807, 2.05) is 0 Å². The maximum Gasteiger partial charge on any atom is 0.359 e. The molecule has 0 amide bonds. The molecule has 5 heteroatoms. The molecule has 0 fully saturated rings. The van der Waals surface area contributed by atoms with E-state index in [1.54, 1.807) is 6.07 Å². The van der Waals surface area contributed by atoms with Crippen LogP contribution in [0.15, 0.2) is 30.3 Å². The van der Waals surface area contributed by atoms with Crippen molar-refractivity contribution in [2.45, 2.75) is 5.25 Å². The molecule has 1 unspecified atom stereocenters. The third-order valence-corrected chi connectivity index (χ3v) is 2.10. The predicted octanol–water partition coefficient (Wildman–Crippen LogP) is 1.36. The van der Waals surface area contributed by atoms with Gasteiger partial charge in [0.2, 0.25) is 0 Å². The van der Waals surface area contributed by atoms with Gasteiger partial charge in [-0.3, -0.25) is 0 Å². The molecule has 0 aliphatic carbocycles. The summed E-state index contributed by atoms with van der Waals surface area (Å²) < 4.78 is 36.1.